The van der Waals surface area contributed by atoms with E-state index < -0.39 is 0 Å². The van der Waals surface area contributed by atoms with E-state index in [0.717, 1.165) is 5.57 Å². The Labute approximate surface area is 97.1 Å². The minimum atomic E-state index is 1.08. The van der Waals surface area contributed by atoms with Crippen LogP contribution in [0.2, 0.25) is 0 Å². The summed E-state index contributed by atoms with van der Waals surface area (Å²) in [4.78, 5) is 0. The molecule has 0 fully saturated rings. The molecule has 0 aromatic rings. The zero-order valence-corrected chi connectivity index (χ0v) is 11.6. The predicted molar refractivity (Wildman–Crippen MR) is 75.2 cm³/mol. The molecule has 88 valence electrons. The molecule has 0 heterocycles. The van der Waals surface area contributed by atoms with Gasteiger partial charge >= 0.3 is 0 Å². The van der Waals surface area contributed by atoms with E-state index in [2.05, 4.69) is 26.2 Å². The maximum Gasteiger partial charge on any atom is -0.0207 e. The van der Waals surface area contributed by atoms with Crippen molar-refractivity contribution in [1.29, 1.82) is 0 Å². The lowest BCUT2D eigenvalue weighted by Gasteiger charge is -2.04. The molecule has 0 atom stereocenters. The van der Waals surface area contributed by atoms with Gasteiger partial charge in [-0.3, -0.25) is 0 Å². The molecule has 0 aromatic carbocycles. The second-order valence-corrected chi connectivity index (χ2v) is 2.57. The van der Waals surface area contributed by atoms with Crippen molar-refractivity contribution in [3.63, 3.8) is 0 Å². The van der Waals surface area contributed by atoms with Crippen molar-refractivity contribution >= 4 is 0 Å². The molecule has 0 aromatic heterocycles. The second-order valence-electron chi connectivity index (χ2n) is 2.57. The molecule has 0 bridgehead atoms. The average Bonchev–Trinajstić information content (AvgIpc) is 2.30. The van der Waals surface area contributed by atoms with Crippen LogP contribution < -0.4 is 0 Å². The van der Waals surface area contributed by atoms with Crippen molar-refractivity contribution in [3.8, 4) is 0 Å². The fourth-order valence-corrected chi connectivity index (χ4v) is 0.884. The van der Waals surface area contributed by atoms with E-state index in [0.29, 0.717) is 0 Å². The minimum absolute atomic E-state index is 1.08. The van der Waals surface area contributed by atoms with Crippen LogP contribution in [0.3, 0.4) is 0 Å². The molecule has 0 rings (SSSR count). The van der Waals surface area contributed by atoms with Crippen LogP contribution in [0.4, 0.5) is 0 Å². The molecule has 0 saturated carbocycles. The standard InChI is InChI=1S/C11H16.2C2H6/c1-6-8-11(9(3)4)10(5)7-2;2*1-2/h6-8H,1,3H2,2,4-5H3;2*1-2H3/b10-7-,11-8+;;. The lowest BCUT2D eigenvalue weighted by Crippen LogP contribution is -1.85. The van der Waals surface area contributed by atoms with Crippen LogP contribution in [0.1, 0.15) is 48.5 Å². The van der Waals surface area contributed by atoms with Crippen LogP contribution in [0.5, 0.6) is 0 Å². The zero-order valence-electron chi connectivity index (χ0n) is 11.6. The summed E-state index contributed by atoms with van der Waals surface area (Å²) in [7, 11) is 0. The smallest absolute Gasteiger partial charge is 0.0207 e. The van der Waals surface area contributed by atoms with Crippen LogP contribution in [-0.2, 0) is 0 Å². The topological polar surface area (TPSA) is 0 Å². The quantitative estimate of drug-likeness (QED) is 0.522. The Bertz CT molecular complexity index is 214. The number of hydrogen-bond donors (Lipinski definition) is 0. The van der Waals surface area contributed by atoms with Gasteiger partial charge in [-0.2, -0.15) is 0 Å². The summed E-state index contributed by atoms with van der Waals surface area (Å²) in [5.74, 6) is 0. The van der Waals surface area contributed by atoms with Crippen molar-refractivity contribution in [1.82, 2.24) is 0 Å². The lowest BCUT2D eigenvalue weighted by molar-refractivity contribution is 1.32. The van der Waals surface area contributed by atoms with E-state index in [9.17, 15) is 0 Å². The molecule has 0 aliphatic rings. The molecule has 0 nitrogen and oxygen atoms in total. The van der Waals surface area contributed by atoms with Crippen molar-refractivity contribution in [3.05, 3.63) is 48.1 Å². The summed E-state index contributed by atoms with van der Waals surface area (Å²) in [5.41, 5.74) is 3.51. The first-order chi connectivity index (χ1) is 7.13. The van der Waals surface area contributed by atoms with E-state index in [4.69, 9.17) is 0 Å². The summed E-state index contributed by atoms with van der Waals surface area (Å²) in [6.07, 6.45) is 5.85. The highest BCUT2D eigenvalue weighted by Crippen LogP contribution is 2.16. The van der Waals surface area contributed by atoms with Gasteiger partial charge in [-0.25, -0.2) is 0 Å². The van der Waals surface area contributed by atoms with Crippen LogP contribution in [0.15, 0.2) is 48.1 Å². The Balaban J connectivity index is -0.000000318. The molecular weight excluding hydrogens is 180 g/mol. The van der Waals surface area contributed by atoms with Gasteiger partial charge in [-0.05, 0) is 31.9 Å². The average molecular weight is 208 g/mol. The van der Waals surface area contributed by atoms with E-state index in [1.165, 1.54) is 11.1 Å². The van der Waals surface area contributed by atoms with Gasteiger partial charge in [-0.15, -0.1) is 0 Å². The van der Waals surface area contributed by atoms with Crippen LogP contribution >= 0.6 is 0 Å². The first kappa shape index (κ1) is 19.5. The minimum Gasteiger partial charge on any atom is -0.0990 e. The Hall–Kier alpha value is -1.04. The van der Waals surface area contributed by atoms with Gasteiger partial charge in [0.15, 0.2) is 0 Å². The third kappa shape index (κ3) is 10.9. The normalized spacial score (nSPS) is 10.3. The third-order valence-corrected chi connectivity index (χ3v) is 1.60. The fourth-order valence-electron chi connectivity index (χ4n) is 0.884. The summed E-state index contributed by atoms with van der Waals surface area (Å²) < 4.78 is 0. The van der Waals surface area contributed by atoms with E-state index in [1.54, 1.807) is 6.08 Å². The van der Waals surface area contributed by atoms with Gasteiger partial charge in [0.25, 0.3) is 0 Å². The summed E-state index contributed by atoms with van der Waals surface area (Å²) in [6, 6.07) is 0. The lowest BCUT2D eigenvalue weighted by atomic mass is 10.0. The maximum absolute atomic E-state index is 3.89. The summed E-state index contributed by atoms with van der Waals surface area (Å²) in [5, 5.41) is 0. The van der Waals surface area contributed by atoms with Gasteiger partial charge in [0.2, 0.25) is 0 Å². The van der Waals surface area contributed by atoms with Gasteiger partial charge < -0.3 is 0 Å². The molecule has 0 saturated heterocycles. The Morgan fingerprint density at radius 1 is 1.00 bits per heavy atom. The van der Waals surface area contributed by atoms with Gasteiger partial charge in [0.1, 0.15) is 0 Å². The predicted octanol–water partition coefficient (Wildman–Crippen LogP) is 5.69. The molecule has 0 amide bonds. The Morgan fingerprint density at radius 2 is 1.40 bits per heavy atom. The van der Waals surface area contributed by atoms with E-state index in [-0.39, 0.29) is 0 Å². The second kappa shape index (κ2) is 15.4. The maximum atomic E-state index is 3.89. The van der Waals surface area contributed by atoms with Crippen molar-refractivity contribution in [2.75, 3.05) is 0 Å². The first-order valence-electron chi connectivity index (χ1n) is 5.75. The van der Waals surface area contributed by atoms with Crippen LogP contribution in [0.25, 0.3) is 0 Å². The molecule has 15 heavy (non-hydrogen) atoms. The molecule has 0 unspecified atom stereocenters. The molecule has 0 spiro atoms. The van der Waals surface area contributed by atoms with Gasteiger partial charge in [0, 0.05) is 0 Å². The van der Waals surface area contributed by atoms with Gasteiger partial charge in [-0.1, -0.05) is 64.7 Å². The number of allylic oxidation sites excluding steroid dienone is 6. The number of hydrogen-bond acceptors (Lipinski definition) is 0. The first-order valence-corrected chi connectivity index (χ1v) is 5.75. The SMILES string of the molecule is C=C/C=C(C(=C)C)/C(C)=C\C.CC.CC. The van der Waals surface area contributed by atoms with E-state index >= 15 is 0 Å². The van der Waals surface area contributed by atoms with Crippen molar-refractivity contribution in [2.24, 2.45) is 0 Å². The van der Waals surface area contributed by atoms with Crippen molar-refractivity contribution in [2.45, 2.75) is 48.5 Å². The Kier molecular flexibility index (Phi) is 20.1. The highest BCUT2D eigenvalue weighted by Gasteiger charge is 1.96. The van der Waals surface area contributed by atoms with Crippen LogP contribution in [-0.4, -0.2) is 0 Å². The molecule has 0 radical (unpaired) electrons. The fraction of sp³-hybridized carbons (Fsp3) is 0.467. The Morgan fingerprint density at radius 3 is 1.60 bits per heavy atom. The largest absolute Gasteiger partial charge is 0.0990 e. The molecule has 0 aliphatic carbocycles. The monoisotopic (exact) mass is 208 g/mol. The highest BCUT2D eigenvalue weighted by molar-refractivity contribution is 5.44. The van der Waals surface area contributed by atoms with Crippen LogP contribution in [0, 0.1) is 0 Å². The molecular formula is C15H28. The van der Waals surface area contributed by atoms with E-state index in [1.807, 2.05) is 47.6 Å². The molecule has 0 aliphatic heterocycles. The molecule has 0 N–H and O–H groups in total. The van der Waals surface area contributed by atoms with Crippen molar-refractivity contribution < 1.29 is 0 Å². The third-order valence-electron chi connectivity index (χ3n) is 1.60. The molecule has 0 heteroatoms. The summed E-state index contributed by atoms with van der Waals surface area (Å²) >= 11 is 0. The number of rotatable bonds is 3. The van der Waals surface area contributed by atoms with Gasteiger partial charge in [0.05, 0.1) is 0 Å². The highest BCUT2D eigenvalue weighted by atomic mass is 14.0. The summed E-state index contributed by atoms with van der Waals surface area (Å²) in [6.45, 7) is 21.6. The zero-order chi connectivity index (χ0) is 12.9.